The van der Waals surface area contributed by atoms with Gasteiger partial charge in [-0.05, 0) is 56.5 Å². The second kappa shape index (κ2) is 9.27. The molecule has 0 N–H and O–H groups in total. The lowest BCUT2D eigenvalue weighted by molar-refractivity contribution is -0.167. The van der Waals surface area contributed by atoms with Crippen LogP contribution in [0.15, 0.2) is 46.0 Å². The minimum absolute atomic E-state index is 0.244. The summed E-state index contributed by atoms with van der Waals surface area (Å²) in [6.07, 6.45) is 0. The largest absolute Gasteiger partial charge is 0.482 e. The Labute approximate surface area is 174 Å². The number of hydrogen-bond donors (Lipinski definition) is 0. The zero-order valence-electron chi connectivity index (χ0n) is 16.6. The standard InChI is InChI=1S/C19H23NO7S2/c1-19(2,3)27-17(22)13-26-16(21)12-25-15-9-7-14(8-10-15)20(4)29(23,24)18-6-5-11-28-18/h5-11H,12-13H2,1-4H3. The lowest BCUT2D eigenvalue weighted by Gasteiger charge is -2.19. The third kappa shape index (κ3) is 6.75. The molecule has 2 aromatic rings. The predicted molar refractivity (Wildman–Crippen MR) is 109 cm³/mol. The summed E-state index contributed by atoms with van der Waals surface area (Å²) >= 11 is 1.14. The van der Waals surface area contributed by atoms with Crippen LogP contribution < -0.4 is 9.04 Å². The summed E-state index contributed by atoms with van der Waals surface area (Å²) < 4.78 is 41.6. The Morgan fingerprint density at radius 3 is 2.24 bits per heavy atom. The van der Waals surface area contributed by atoms with Crippen LogP contribution in [0.2, 0.25) is 0 Å². The van der Waals surface area contributed by atoms with Crippen LogP contribution in [0.3, 0.4) is 0 Å². The highest BCUT2D eigenvalue weighted by Crippen LogP contribution is 2.26. The molecule has 10 heteroatoms. The highest BCUT2D eigenvalue weighted by Gasteiger charge is 2.22. The Hall–Kier alpha value is -2.59. The first-order chi connectivity index (χ1) is 13.5. The first-order valence-corrected chi connectivity index (χ1v) is 10.9. The number of benzene rings is 1. The van der Waals surface area contributed by atoms with Gasteiger partial charge in [0.1, 0.15) is 15.6 Å². The molecule has 0 aliphatic heterocycles. The van der Waals surface area contributed by atoms with E-state index in [4.69, 9.17) is 14.2 Å². The normalized spacial score (nSPS) is 11.6. The SMILES string of the molecule is CN(c1ccc(OCC(=O)OCC(=O)OC(C)(C)C)cc1)S(=O)(=O)c1cccs1. The van der Waals surface area contributed by atoms with E-state index < -0.39 is 40.8 Å². The Kier molecular flexibility index (Phi) is 7.26. The molecule has 0 radical (unpaired) electrons. The van der Waals surface area contributed by atoms with Gasteiger partial charge in [0.25, 0.3) is 10.0 Å². The molecule has 1 aromatic heterocycles. The zero-order valence-corrected chi connectivity index (χ0v) is 18.2. The average molecular weight is 442 g/mol. The molecule has 0 aliphatic rings. The number of ether oxygens (including phenoxy) is 3. The van der Waals surface area contributed by atoms with Crippen molar-refractivity contribution in [2.45, 2.75) is 30.6 Å². The summed E-state index contributed by atoms with van der Waals surface area (Å²) in [5.74, 6) is -1.02. The van der Waals surface area contributed by atoms with Crippen LogP contribution in [0.4, 0.5) is 5.69 Å². The van der Waals surface area contributed by atoms with Crippen LogP contribution in [0.1, 0.15) is 20.8 Å². The summed E-state index contributed by atoms with van der Waals surface area (Å²) in [7, 11) is -2.17. The minimum Gasteiger partial charge on any atom is -0.482 e. The number of esters is 2. The second-order valence-electron chi connectivity index (χ2n) is 6.93. The molecule has 29 heavy (non-hydrogen) atoms. The lowest BCUT2D eigenvalue weighted by atomic mass is 10.2. The van der Waals surface area contributed by atoms with Gasteiger partial charge < -0.3 is 14.2 Å². The minimum atomic E-state index is -3.62. The van der Waals surface area contributed by atoms with Crippen molar-refractivity contribution in [1.82, 2.24) is 0 Å². The van der Waals surface area contributed by atoms with Crippen LogP contribution in [0.5, 0.6) is 5.75 Å². The smallest absolute Gasteiger partial charge is 0.344 e. The van der Waals surface area contributed by atoms with Crippen molar-refractivity contribution in [3.63, 3.8) is 0 Å². The van der Waals surface area contributed by atoms with Crippen molar-refractivity contribution in [3.8, 4) is 5.75 Å². The number of nitrogens with zero attached hydrogens (tertiary/aromatic N) is 1. The summed E-state index contributed by atoms with van der Waals surface area (Å²) in [6, 6.07) is 9.41. The number of carbonyl (C=O) groups is 2. The number of carbonyl (C=O) groups excluding carboxylic acids is 2. The lowest BCUT2D eigenvalue weighted by Crippen LogP contribution is -2.28. The van der Waals surface area contributed by atoms with E-state index in [0.29, 0.717) is 11.4 Å². The monoisotopic (exact) mass is 441 g/mol. The van der Waals surface area contributed by atoms with Crippen LogP contribution in [-0.2, 0) is 29.1 Å². The first-order valence-electron chi connectivity index (χ1n) is 8.62. The average Bonchev–Trinajstić information content (AvgIpc) is 3.19. The maximum absolute atomic E-state index is 12.5. The van der Waals surface area contributed by atoms with Gasteiger partial charge in [-0.15, -0.1) is 11.3 Å². The van der Waals surface area contributed by atoms with Crippen molar-refractivity contribution in [2.24, 2.45) is 0 Å². The summed E-state index contributed by atoms with van der Waals surface area (Å²) in [6.45, 7) is 4.24. The van der Waals surface area contributed by atoms with Crippen LogP contribution in [0, 0.1) is 0 Å². The Morgan fingerprint density at radius 2 is 1.69 bits per heavy atom. The third-order valence-electron chi connectivity index (χ3n) is 3.44. The van der Waals surface area contributed by atoms with Gasteiger partial charge in [0, 0.05) is 7.05 Å². The molecule has 0 fully saturated rings. The number of hydrogen-bond acceptors (Lipinski definition) is 8. The van der Waals surface area contributed by atoms with E-state index in [2.05, 4.69) is 0 Å². The maximum Gasteiger partial charge on any atom is 0.344 e. The fourth-order valence-electron chi connectivity index (χ4n) is 2.13. The van der Waals surface area contributed by atoms with E-state index in [0.717, 1.165) is 15.6 Å². The molecule has 0 amide bonds. The van der Waals surface area contributed by atoms with Gasteiger partial charge >= 0.3 is 11.9 Å². The molecule has 8 nitrogen and oxygen atoms in total. The molecule has 0 atom stereocenters. The Bertz CT molecular complexity index is 930. The number of thiophene rings is 1. The Balaban J connectivity index is 1.86. The van der Waals surface area contributed by atoms with E-state index in [-0.39, 0.29) is 4.21 Å². The Morgan fingerprint density at radius 1 is 1.03 bits per heavy atom. The molecule has 0 saturated heterocycles. The van der Waals surface area contributed by atoms with E-state index >= 15 is 0 Å². The molecule has 2 rings (SSSR count). The van der Waals surface area contributed by atoms with Gasteiger partial charge in [-0.25, -0.2) is 18.0 Å². The van der Waals surface area contributed by atoms with Crippen LogP contribution in [-0.4, -0.2) is 46.2 Å². The molecular weight excluding hydrogens is 418 g/mol. The molecule has 158 valence electrons. The van der Waals surface area contributed by atoms with Crippen molar-refractivity contribution in [3.05, 3.63) is 41.8 Å². The fraction of sp³-hybridized carbons (Fsp3) is 0.368. The summed E-state index contributed by atoms with van der Waals surface area (Å²) in [4.78, 5) is 23.2. The third-order valence-corrected chi connectivity index (χ3v) is 6.60. The van der Waals surface area contributed by atoms with Gasteiger partial charge in [0.05, 0.1) is 5.69 Å². The van der Waals surface area contributed by atoms with Crippen molar-refractivity contribution >= 4 is 39.0 Å². The van der Waals surface area contributed by atoms with Gasteiger partial charge in [-0.1, -0.05) is 6.07 Å². The van der Waals surface area contributed by atoms with E-state index in [9.17, 15) is 18.0 Å². The highest BCUT2D eigenvalue weighted by atomic mass is 32.2. The highest BCUT2D eigenvalue weighted by molar-refractivity contribution is 7.94. The summed E-state index contributed by atoms with van der Waals surface area (Å²) in [5.41, 5.74) is -0.218. The topological polar surface area (TPSA) is 99.2 Å². The van der Waals surface area contributed by atoms with Crippen molar-refractivity contribution < 1.29 is 32.2 Å². The van der Waals surface area contributed by atoms with Gasteiger partial charge in [-0.2, -0.15) is 0 Å². The van der Waals surface area contributed by atoms with E-state index in [1.54, 1.807) is 44.4 Å². The number of rotatable bonds is 8. The van der Waals surface area contributed by atoms with Crippen molar-refractivity contribution in [2.75, 3.05) is 24.6 Å². The molecular formula is C19H23NO7S2. The van der Waals surface area contributed by atoms with Crippen LogP contribution in [0.25, 0.3) is 0 Å². The number of sulfonamides is 1. The van der Waals surface area contributed by atoms with Crippen LogP contribution >= 0.6 is 11.3 Å². The quantitative estimate of drug-likeness (QED) is 0.581. The predicted octanol–water partition coefficient (Wildman–Crippen LogP) is 2.84. The fourth-order valence-corrected chi connectivity index (χ4v) is 4.49. The molecule has 1 aromatic carbocycles. The van der Waals surface area contributed by atoms with E-state index in [1.165, 1.54) is 25.2 Å². The van der Waals surface area contributed by atoms with Gasteiger partial charge in [-0.3, -0.25) is 4.31 Å². The first kappa shape index (κ1) is 22.7. The molecule has 0 spiro atoms. The molecule has 0 unspecified atom stereocenters. The maximum atomic E-state index is 12.5. The molecule has 0 bridgehead atoms. The van der Waals surface area contributed by atoms with E-state index in [1.807, 2.05) is 0 Å². The zero-order chi connectivity index (χ0) is 21.7. The van der Waals surface area contributed by atoms with Gasteiger partial charge in [0.2, 0.25) is 0 Å². The molecule has 0 aliphatic carbocycles. The second-order valence-corrected chi connectivity index (χ2v) is 10.1. The van der Waals surface area contributed by atoms with Gasteiger partial charge in [0.15, 0.2) is 13.2 Å². The summed E-state index contributed by atoms with van der Waals surface area (Å²) in [5, 5.41) is 1.69. The molecule has 0 saturated carbocycles. The van der Waals surface area contributed by atoms with Crippen molar-refractivity contribution in [1.29, 1.82) is 0 Å². The molecule has 1 heterocycles. The number of anilines is 1.